The average molecular weight is 342 g/mol. The van der Waals surface area contributed by atoms with Gasteiger partial charge in [0, 0.05) is 18.7 Å². The molecule has 1 saturated carbocycles. The minimum absolute atomic E-state index is 0.132. The van der Waals surface area contributed by atoms with Crippen molar-refractivity contribution in [3.63, 3.8) is 0 Å². The second kappa shape index (κ2) is 5.95. The fraction of sp³-hybridized carbons (Fsp3) is 0.526. The second-order valence-corrected chi connectivity index (χ2v) is 7.43. The summed E-state index contributed by atoms with van der Waals surface area (Å²) in [5, 5.41) is 5.73. The molecule has 2 amide bonds. The van der Waals surface area contributed by atoms with Crippen molar-refractivity contribution in [2.24, 2.45) is 23.2 Å². The molecule has 3 aliphatic rings. The Balaban J connectivity index is 1.50. The third-order valence-corrected chi connectivity index (χ3v) is 5.82. The Kier molecular flexibility index (Phi) is 3.87. The van der Waals surface area contributed by atoms with Gasteiger partial charge < -0.3 is 15.4 Å². The molecule has 0 aromatic heterocycles. The van der Waals surface area contributed by atoms with Crippen molar-refractivity contribution in [1.82, 2.24) is 5.32 Å². The van der Waals surface area contributed by atoms with Crippen LogP contribution in [0.1, 0.15) is 30.1 Å². The third-order valence-electron chi connectivity index (χ3n) is 5.82. The van der Waals surface area contributed by atoms with Gasteiger partial charge in [-0.2, -0.15) is 0 Å². The number of nitrogens with one attached hydrogen (secondary N) is 2. The van der Waals surface area contributed by atoms with Crippen LogP contribution in [0.3, 0.4) is 0 Å². The van der Waals surface area contributed by atoms with Crippen LogP contribution < -0.4 is 10.6 Å². The minimum Gasteiger partial charge on any atom is -0.381 e. The lowest BCUT2D eigenvalue weighted by Gasteiger charge is -2.22. The molecule has 0 bridgehead atoms. The lowest BCUT2D eigenvalue weighted by atomic mass is 9.92. The van der Waals surface area contributed by atoms with Gasteiger partial charge in [-0.15, -0.1) is 0 Å². The van der Waals surface area contributed by atoms with Gasteiger partial charge >= 0.3 is 0 Å². The van der Waals surface area contributed by atoms with Crippen molar-refractivity contribution in [3.05, 3.63) is 29.8 Å². The van der Waals surface area contributed by atoms with E-state index in [0.717, 1.165) is 19.4 Å². The van der Waals surface area contributed by atoms with E-state index in [2.05, 4.69) is 10.6 Å². The summed E-state index contributed by atoms with van der Waals surface area (Å²) in [5.41, 5.74) is 0.0605. The molecule has 1 saturated heterocycles. The van der Waals surface area contributed by atoms with Gasteiger partial charge in [0.25, 0.3) is 0 Å². The van der Waals surface area contributed by atoms with E-state index in [9.17, 15) is 14.4 Å². The molecule has 2 heterocycles. The highest BCUT2D eigenvalue weighted by atomic mass is 16.5. The third kappa shape index (κ3) is 2.56. The summed E-state index contributed by atoms with van der Waals surface area (Å²) in [6.07, 6.45) is 2.03. The predicted octanol–water partition coefficient (Wildman–Crippen LogP) is 1.62. The summed E-state index contributed by atoms with van der Waals surface area (Å²) >= 11 is 0. The summed E-state index contributed by atoms with van der Waals surface area (Å²) in [6.45, 7) is 3.69. The van der Waals surface area contributed by atoms with E-state index in [1.54, 1.807) is 31.2 Å². The molecular formula is C19H22N2O4. The molecule has 4 rings (SSSR count). The maximum Gasteiger partial charge on any atom is 0.229 e. The molecule has 132 valence electrons. The van der Waals surface area contributed by atoms with Crippen molar-refractivity contribution < 1.29 is 19.1 Å². The van der Waals surface area contributed by atoms with Gasteiger partial charge in [0.05, 0.1) is 29.5 Å². The number of rotatable bonds is 3. The first kappa shape index (κ1) is 16.3. The van der Waals surface area contributed by atoms with Gasteiger partial charge in [0.1, 0.15) is 0 Å². The van der Waals surface area contributed by atoms with Crippen molar-refractivity contribution in [1.29, 1.82) is 0 Å². The van der Waals surface area contributed by atoms with E-state index in [0.29, 0.717) is 30.3 Å². The first-order valence-electron chi connectivity index (χ1n) is 8.83. The van der Waals surface area contributed by atoms with Gasteiger partial charge in [-0.1, -0.05) is 19.1 Å². The van der Waals surface area contributed by atoms with Crippen LogP contribution in [0.25, 0.3) is 0 Å². The number of ketones is 1. The van der Waals surface area contributed by atoms with Crippen molar-refractivity contribution in [3.8, 4) is 0 Å². The fourth-order valence-corrected chi connectivity index (χ4v) is 4.26. The minimum atomic E-state index is -0.955. The molecule has 2 N–H and O–H groups in total. The Hall–Kier alpha value is -2.21. The van der Waals surface area contributed by atoms with E-state index >= 15 is 0 Å². The number of Topliss-reactive ketones (excluding diaryl/α,β-unsaturated/α-hetero) is 1. The molecule has 1 aromatic rings. The molecule has 25 heavy (non-hydrogen) atoms. The number of benzene rings is 1. The molecule has 2 aliphatic heterocycles. The highest BCUT2D eigenvalue weighted by Crippen LogP contribution is 2.62. The number of amides is 2. The van der Waals surface area contributed by atoms with Gasteiger partial charge in [-0.05, 0) is 30.9 Å². The van der Waals surface area contributed by atoms with Crippen LogP contribution in [0.5, 0.6) is 0 Å². The van der Waals surface area contributed by atoms with Crippen molar-refractivity contribution in [2.45, 2.75) is 19.8 Å². The number of anilines is 1. The first-order valence-corrected chi connectivity index (χ1v) is 8.83. The summed E-state index contributed by atoms with van der Waals surface area (Å²) in [7, 11) is 0. The SMILES string of the molecule is C[C@]12C(=O)c3ccccc3NC(=O)[C@H]1[C@H]2C(=O)NC[C@@H]1CCCOC1. The lowest BCUT2D eigenvalue weighted by Crippen LogP contribution is -2.36. The molecule has 2 fully saturated rings. The molecule has 1 aliphatic carbocycles. The Morgan fingerprint density at radius 2 is 2.16 bits per heavy atom. The van der Waals surface area contributed by atoms with Crippen LogP contribution in [0.2, 0.25) is 0 Å². The largest absolute Gasteiger partial charge is 0.381 e. The summed E-state index contributed by atoms with van der Waals surface area (Å²) in [6, 6.07) is 6.98. The normalized spacial score (nSPS) is 33.6. The number of hydrogen-bond donors (Lipinski definition) is 2. The van der Waals surface area contributed by atoms with Crippen LogP contribution in [-0.4, -0.2) is 37.4 Å². The quantitative estimate of drug-likeness (QED) is 0.874. The smallest absolute Gasteiger partial charge is 0.229 e. The van der Waals surface area contributed by atoms with Crippen molar-refractivity contribution >= 4 is 23.3 Å². The first-order chi connectivity index (χ1) is 12.0. The standard InChI is InChI=1S/C19H22N2O4/c1-19-14(17(23)20-9-11-5-4-8-25-10-11)15(19)18(24)21-13-7-3-2-6-12(13)16(19)22/h2-3,6-7,11,14-15H,4-5,8-10H2,1H3,(H,20,23)(H,21,24)/t11-,14-,15+,19+/m0/s1. The second-order valence-electron chi connectivity index (χ2n) is 7.43. The monoisotopic (exact) mass is 342 g/mol. The number of carbonyl (C=O) groups excluding carboxylic acids is 3. The Labute approximate surface area is 146 Å². The molecule has 0 unspecified atom stereocenters. The number of para-hydroxylation sites is 1. The molecule has 6 nitrogen and oxygen atoms in total. The number of fused-ring (bicyclic) bond motifs is 2. The van der Waals surface area contributed by atoms with E-state index in [-0.39, 0.29) is 17.6 Å². The molecular weight excluding hydrogens is 320 g/mol. The van der Waals surface area contributed by atoms with Gasteiger partial charge in [0.15, 0.2) is 5.78 Å². The van der Waals surface area contributed by atoms with Crippen LogP contribution in [0.4, 0.5) is 5.69 Å². The maximum absolute atomic E-state index is 13.0. The molecule has 4 atom stereocenters. The Morgan fingerprint density at radius 1 is 1.36 bits per heavy atom. The molecule has 6 heteroatoms. The zero-order valence-electron chi connectivity index (χ0n) is 14.2. The highest BCUT2D eigenvalue weighted by molar-refractivity contribution is 6.19. The maximum atomic E-state index is 13.0. The van der Waals surface area contributed by atoms with Crippen LogP contribution in [0, 0.1) is 23.2 Å². The Morgan fingerprint density at radius 3 is 2.92 bits per heavy atom. The predicted molar refractivity (Wildman–Crippen MR) is 91.0 cm³/mol. The van der Waals surface area contributed by atoms with Gasteiger partial charge in [0.2, 0.25) is 11.8 Å². The summed E-state index contributed by atoms with van der Waals surface area (Å²) in [5.74, 6) is -1.48. The van der Waals surface area contributed by atoms with Crippen molar-refractivity contribution in [2.75, 3.05) is 25.1 Å². The zero-order chi connectivity index (χ0) is 17.6. The van der Waals surface area contributed by atoms with E-state index in [1.165, 1.54) is 0 Å². The zero-order valence-corrected chi connectivity index (χ0v) is 14.2. The number of hydrogen-bond acceptors (Lipinski definition) is 4. The molecule has 1 aromatic carbocycles. The summed E-state index contributed by atoms with van der Waals surface area (Å²) < 4.78 is 5.43. The number of ether oxygens (including phenoxy) is 1. The van der Waals surface area contributed by atoms with Crippen LogP contribution in [-0.2, 0) is 14.3 Å². The summed E-state index contributed by atoms with van der Waals surface area (Å²) in [4.78, 5) is 38.2. The molecule has 0 radical (unpaired) electrons. The fourth-order valence-electron chi connectivity index (χ4n) is 4.26. The Bertz CT molecular complexity index is 741. The highest BCUT2D eigenvalue weighted by Gasteiger charge is 2.73. The van der Waals surface area contributed by atoms with Crippen LogP contribution in [0.15, 0.2) is 24.3 Å². The number of carbonyl (C=O) groups is 3. The van der Waals surface area contributed by atoms with E-state index < -0.39 is 17.3 Å². The lowest BCUT2D eigenvalue weighted by molar-refractivity contribution is -0.125. The van der Waals surface area contributed by atoms with E-state index in [4.69, 9.17) is 4.74 Å². The average Bonchev–Trinajstić information content (AvgIpc) is 3.28. The van der Waals surface area contributed by atoms with Gasteiger partial charge in [-0.3, -0.25) is 14.4 Å². The topological polar surface area (TPSA) is 84.5 Å². The molecule has 0 spiro atoms. The van der Waals surface area contributed by atoms with Gasteiger partial charge in [-0.25, -0.2) is 0 Å². The van der Waals surface area contributed by atoms with E-state index in [1.807, 2.05) is 0 Å². The van der Waals surface area contributed by atoms with Crippen LogP contribution >= 0.6 is 0 Å².